The van der Waals surface area contributed by atoms with Gasteiger partial charge in [0.15, 0.2) is 0 Å². The van der Waals surface area contributed by atoms with Gasteiger partial charge in [-0.25, -0.2) is 21.6 Å². The lowest BCUT2D eigenvalue weighted by Crippen LogP contribution is -2.51. The smallest absolute Gasteiger partial charge is 0.245 e. The van der Waals surface area contributed by atoms with E-state index >= 15 is 0 Å². The molecule has 2 N–H and O–H groups in total. The Morgan fingerprint density at radius 3 is 2.46 bits per heavy atom. The van der Waals surface area contributed by atoms with Crippen molar-refractivity contribution in [1.29, 1.82) is 0 Å². The monoisotopic (exact) mass is 570 g/mol. The van der Waals surface area contributed by atoms with Crippen LogP contribution < -0.4 is 9.44 Å². The van der Waals surface area contributed by atoms with Crippen molar-refractivity contribution in [3.63, 3.8) is 0 Å². The van der Waals surface area contributed by atoms with Crippen LogP contribution >= 0.6 is 11.6 Å². The summed E-state index contributed by atoms with van der Waals surface area (Å²) in [5, 5.41) is 2.04. The topological polar surface area (TPSA) is 133 Å². The molecule has 1 heterocycles. The number of amides is 2. The molecule has 13 heteroatoms. The number of nitrogens with one attached hydrogen (secondary N) is 2. The quantitative estimate of drug-likeness (QED) is 0.421. The number of hydrogen-bond donors (Lipinski definition) is 2. The highest BCUT2D eigenvalue weighted by Gasteiger charge is 2.40. The molecule has 202 valence electrons. The summed E-state index contributed by atoms with van der Waals surface area (Å²) >= 11 is 6.00. The molecule has 4 rings (SSSR count). The van der Waals surface area contributed by atoms with E-state index in [1.54, 1.807) is 36.1 Å². The maximum atomic E-state index is 13.3. The van der Waals surface area contributed by atoms with Gasteiger partial charge in [-0.3, -0.25) is 9.59 Å². The normalized spacial score (nSPS) is 19.4. The summed E-state index contributed by atoms with van der Waals surface area (Å²) in [6, 6.07) is 8.00. The zero-order chi connectivity index (χ0) is 27.0. The molecular weight excluding hydrogens is 540 g/mol. The number of halogens is 1. The van der Waals surface area contributed by atoms with Crippen molar-refractivity contribution in [1.82, 2.24) is 19.2 Å². The van der Waals surface area contributed by atoms with Gasteiger partial charge in [-0.05, 0) is 67.1 Å². The molecule has 2 aromatic rings. The Balaban J connectivity index is 1.42. The molecule has 10 nitrogen and oxygen atoms in total. The second-order valence-electron chi connectivity index (χ2n) is 9.72. The first-order valence-electron chi connectivity index (χ1n) is 12.1. The predicted octanol–water partition coefficient (Wildman–Crippen LogP) is 1.55. The lowest BCUT2D eigenvalue weighted by Gasteiger charge is -2.31. The Labute approximate surface area is 222 Å². The molecular formula is C24H31ClN4O6S2. The Bertz CT molecular complexity index is 1410. The number of benzene rings is 2. The molecule has 2 amide bonds. The fraction of sp³-hybridized carbons (Fsp3) is 0.500. The lowest BCUT2D eigenvalue weighted by molar-refractivity contribution is -0.143. The number of carbonyl (C=O) groups is 2. The maximum Gasteiger partial charge on any atom is 0.245 e. The number of sulfonamides is 2. The second-order valence-corrected chi connectivity index (χ2v) is 13.7. The first-order valence-corrected chi connectivity index (χ1v) is 15.8. The van der Waals surface area contributed by atoms with Crippen molar-refractivity contribution < 1.29 is 26.4 Å². The third kappa shape index (κ3) is 6.99. The van der Waals surface area contributed by atoms with Gasteiger partial charge in [0, 0.05) is 31.2 Å². The molecule has 2 aliphatic rings. The van der Waals surface area contributed by atoms with Crippen molar-refractivity contribution in [2.24, 2.45) is 5.92 Å². The minimum atomic E-state index is -3.99. The van der Waals surface area contributed by atoms with E-state index < -0.39 is 38.0 Å². The third-order valence-corrected chi connectivity index (χ3v) is 9.11. The Kier molecular flexibility index (Phi) is 8.15. The zero-order valence-electron chi connectivity index (χ0n) is 20.7. The summed E-state index contributed by atoms with van der Waals surface area (Å²) in [6.07, 6.45) is 3.30. The summed E-state index contributed by atoms with van der Waals surface area (Å²) in [4.78, 5) is 29.4. The summed E-state index contributed by atoms with van der Waals surface area (Å²) < 4.78 is 53.8. The van der Waals surface area contributed by atoms with Crippen LogP contribution in [0.15, 0.2) is 41.3 Å². The van der Waals surface area contributed by atoms with E-state index in [1.807, 2.05) is 0 Å². The van der Waals surface area contributed by atoms with Gasteiger partial charge >= 0.3 is 0 Å². The van der Waals surface area contributed by atoms with E-state index in [1.165, 1.54) is 17.0 Å². The van der Waals surface area contributed by atoms with Crippen LogP contribution in [-0.4, -0.2) is 83.0 Å². The van der Waals surface area contributed by atoms with E-state index in [0.29, 0.717) is 22.9 Å². The standard InChI is InChI=1S/C24H31ClN4O6S2/c1-16(23(30)28(15-17-3-4-17)12-10-26-36(2,32)33)29-11-9-22(24(29)31)27-37(34,35)21-8-6-18-13-20(25)7-5-19(18)14-21/h5-8,13-14,16-17,22,26-27H,3-4,9-12,15H2,1-2H3/t16-,22-/m0/s1. The summed E-state index contributed by atoms with van der Waals surface area (Å²) in [7, 11) is -7.38. The van der Waals surface area contributed by atoms with Crippen LogP contribution in [0.4, 0.5) is 0 Å². The van der Waals surface area contributed by atoms with Gasteiger partial charge in [-0.15, -0.1) is 0 Å². The number of fused-ring (bicyclic) bond motifs is 1. The number of rotatable bonds is 11. The third-order valence-electron chi connectivity index (χ3n) is 6.68. The maximum absolute atomic E-state index is 13.3. The molecule has 0 spiro atoms. The van der Waals surface area contributed by atoms with Gasteiger partial charge in [0.2, 0.25) is 31.9 Å². The van der Waals surface area contributed by atoms with Gasteiger partial charge in [0.25, 0.3) is 0 Å². The molecule has 2 aromatic carbocycles. The highest BCUT2D eigenvalue weighted by atomic mass is 35.5. The zero-order valence-corrected chi connectivity index (χ0v) is 23.1. The van der Waals surface area contributed by atoms with Gasteiger partial charge in [-0.2, -0.15) is 4.72 Å². The lowest BCUT2D eigenvalue weighted by atomic mass is 10.1. The van der Waals surface area contributed by atoms with Gasteiger partial charge in [0.1, 0.15) is 12.1 Å². The van der Waals surface area contributed by atoms with Crippen molar-refractivity contribution in [2.45, 2.75) is 43.2 Å². The minimum Gasteiger partial charge on any atom is -0.339 e. The second kappa shape index (κ2) is 10.9. The molecule has 0 bridgehead atoms. The van der Waals surface area contributed by atoms with Crippen molar-refractivity contribution in [3.05, 3.63) is 41.4 Å². The molecule has 0 aromatic heterocycles. The van der Waals surface area contributed by atoms with Gasteiger partial charge in [-0.1, -0.05) is 23.7 Å². The Morgan fingerprint density at radius 2 is 1.78 bits per heavy atom. The molecule has 0 unspecified atom stereocenters. The first-order chi connectivity index (χ1) is 17.3. The van der Waals surface area contributed by atoms with Crippen molar-refractivity contribution in [3.8, 4) is 0 Å². The SMILES string of the molecule is C[C@@H](C(=O)N(CCNS(C)(=O)=O)CC1CC1)N1CC[C@H](NS(=O)(=O)c2ccc3cc(Cl)ccc3c2)C1=O. The molecule has 2 fully saturated rings. The molecule has 0 radical (unpaired) electrons. The fourth-order valence-electron chi connectivity index (χ4n) is 4.48. The van der Waals surface area contributed by atoms with Crippen LogP contribution in [0, 0.1) is 5.92 Å². The predicted molar refractivity (Wildman–Crippen MR) is 141 cm³/mol. The number of likely N-dealkylation sites (tertiary alicyclic amines) is 1. The van der Waals surface area contributed by atoms with E-state index in [0.717, 1.165) is 24.5 Å². The van der Waals surface area contributed by atoms with Crippen LogP contribution in [0.25, 0.3) is 10.8 Å². The molecule has 1 aliphatic heterocycles. The van der Waals surface area contributed by atoms with Gasteiger partial charge < -0.3 is 9.80 Å². The van der Waals surface area contributed by atoms with Crippen LogP contribution in [-0.2, 0) is 29.6 Å². The van der Waals surface area contributed by atoms with Crippen LogP contribution in [0.3, 0.4) is 0 Å². The van der Waals surface area contributed by atoms with Crippen molar-refractivity contribution >= 4 is 54.2 Å². The first kappa shape index (κ1) is 27.8. The number of carbonyl (C=O) groups excluding carboxylic acids is 2. The summed E-state index contributed by atoms with van der Waals surface area (Å²) in [5.74, 6) is -0.369. The van der Waals surface area contributed by atoms with Crippen molar-refractivity contribution in [2.75, 3.05) is 32.4 Å². The van der Waals surface area contributed by atoms with E-state index in [4.69, 9.17) is 11.6 Å². The largest absolute Gasteiger partial charge is 0.339 e. The summed E-state index contributed by atoms with van der Waals surface area (Å²) in [6.45, 7) is 2.62. The molecule has 1 saturated heterocycles. The Hall–Kier alpha value is -2.25. The average Bonchev–Trinajstić information content (AvgIpc) is 3.58. The van der Waals surface area contributed by atoms with E-state index in [2.05, 4.69) is 9.44 Å². The van der Waals surface area contributed by atoms with E-state index in [-0.39, 0.29) is 36.9 Å². The minimum absolute atomic E-state index is 0.0340. The van der Waals surface area contributed by atoms with Crippen LogP contribution in [0.2, 0.25) is 5.02 Å². The van der Waals surface area contributed by atoms with Gasteiger partial charge in [0.05, 0.1) is 11.2 Å². The Morgan fingerprint density at radius 1 is 1.11 bits per heavy atom. The fourth-order valence-corrected chi connectivity index (χ4v) is 6.38. The number of nitrogens with zero attached hydrogens (tertiary/aromatic N) is 2. The molecule has 37 heavy (non-hydrogen) atoms. The highest BCUT2D eigenvalue weighted by Crippen LogP contribution is 2.30. The number of hydrogen-bond acceptors (Lipinski definition) is 6. The molecule has 2 atom stereocenters. The van der Waals surface area contributed by atoms with Crippen LogP contribution in [0.1, 0.15) is 26.2 Å². The van der Waals surface area contributed by atoms with Crippen LogP contribution in [0.5, 0.6) is 0 Å². The highest BCUT2D eigenvalue weighted by molar-refractivity contribution is 7.89. The molecule has 1 aliphatic carbocycles. The molecule has 1 saturated carbocycles. The summed E-state index contributed by atoms with van der Waals surface area (Å²) in [5.41, 5.74) is 0. The average molecular weight is 571 g/mol. The van der Waals surface area contributed by atoms with E-state index in [9.17, 15) is 26.4 Å².